The van der Waals surface area contributed by atoms with Crippen molar-refractivity contribution in [2.24, 2.45) is 0 Å². The molecule has 0 amide bonds. The molecule has 0 fully saturated rings. The number of ether oxygens (including phenoxy) is 1. The average Bonchev–Trinajstić information content (AvgIpc) is 2.66. The number of nitrogens with one attached hydrogen (secondary N) is 2. The molecule has 1 atom stereocenters. The minimum Gasteiger partial charge on any atom is -0.492 e. The monoisotopic (exact) mass is 469 g/mol. The summed E-state index contributed by atoms with van der Waals surface area (Å²) in [5.74, 6) is -0.522. The van der Waals surface area contributed by atoms with E-state index in [1.807, 2.05) is 0 Å². The SMILES string of the molecule is CS(=N)(=O)Cc1cccc(Nc2ncnc(-c3ccc(F)cc3OCCC(F)(F)F)n2)c1. The van der Waals surface area contributed by atoms with E-state index >= 15 is 0 Å². The molecule has 3 aromatic rings. The first kappa shape index (κ1) is 23.4. The Labute approximate surface area is 181 Å². The number of hydrogen-bond acceptors (Lipinski definition) is 7. The van der Waals surface area contributed by atoms with Crippen molar-refractivity contribution in [1.29, 1.82) is 4.78 Å². The number of rotatable bonds is 8. The standard InChI is InChI=1S/C20H19F4N5O2S/c1-32(25,30)11-13-3-2-4-15(9-13)28-19-27-12-26-18(29-19)16-6-5-14(21)10-17(16)31-8-7-20(22,23)24/h2-6,9-10,12,25H,7-8,11H2,1H3,(H,26,27,28,29). The summed E-state index contributed by atoms with van der Waals surface area (Å²) in [5.41, 5.74) is 1.46. The van der Waals surface area contributed by atoms with Gasteiger partial charge in [-0.05, 0) is 29.8 Å². The highest BCUT2D eigenvalue weighted by Gasteiger charge is 2.27. The molecule has 0 aliphatic carbocycles. The third-order valence-corrected chi connectivity index (χ3v) is 4.91. The molecule has 1 heterocycles. The smallest absolute Gasteiger partial charge is 0.392 e. The van der Waals surface area contributed by atoms with Crippen LogP contribution >= 0.6 is 0 Å². The van der Waals surface area contributed by atoms with Crippen molar-refractivity contribution in [3.63, 3.8) is 0 Å². The zero-order valence-electron chi connectivity index (χ0n) is 16.8. The minimum atomic E-state index is -4.41. The minimum absolute atomic E-state index is 0.0726. The van der Waals surface area contributed by atoms with Gasteiger partial charge in [0.25, 0.3) is 0 Å². The number of benzene rings is 2. The summed E-state index contributed by atoms with van der Waals surface area (Å²) >= 11 is 0. The van der Waals surface area contributed by atoms with Crippen LogP contribution in [0.5, 0.6) is 5.75 Å². The van der Waals surface area contributed by atoms with Gasteiger partial charge < -0.3 is 10.1 Å². The zero-order valence-corrected chi connectivity index (χ0v) is 17.6. The lowest BCUT2D eigenvalue weighted by Crippen LogP contribution is -2.13. The topological polar surface area (TPSA) is 101 Å². The Morgan fingerprint density at radius 2 is 1.94 bits per heavy atom. The lowest BCUT2D eigenvalue weighted by molar-refractivity contribution is -0.139. The molecule has 7 nitrogen and oxygen atoms in total. The van der Waals surface area contributed by atoms with Gasteiger partial charge in [0.15, 0.2) is 5.82 Å². The predicted octanol–water partition coefficient (Wildman–Crippen LogP) is 4.93. The van der Waals surface area contributed by atoms with Gasteiger partial charge in [0.05, 0.1) is 24.3 Å². The Hall–Kier alpha value is -3.28. The van der Waals surface area contributed by atoms with Crippen molar-refractivity contribution in [3.05, 3.63) is 60.2 Å². The van der Waals surface area contributed by atoms with E-state index in [4.69, 9.17) is 9.52 Å². The Balaban J connectivity index is 1.83. The molecule has 0 spiro atoms. The highest BCUT2D eigenvalue weighted by atomic mass is 32.2. The lowest BCUT2D eigenvalue weighted by Gasteiger charge is -2.13. The fraction of sp³-hybridized carbons (Fsp3) is 0.250. The molecule has 0 radical (unpaired) electrons. The van der Waals surface area contributed by atoms with Crippen LogP contribution in [0.2, 0.25) is 0 Å². The third kappa shape index (κ3) is 7.15. The Morgan fingerprint density at radius 1 is 1.16 bits per heavy atom. The van der Waals surface area contributed by atoms with Gasteiger partial charge in [-0.15, -0.1) is 0 Å². The molecule has 32 heavy (non-hydrogen) atoms. The molecular weight excluding hydrogens is 450 g/mol. The molecule has 0 bridgehead atoms. The maximum atomic E-state index is 13.6. The predicted molar refractivity (Wildman–Crippen MR) is 112 cm³/mol. The molecule has 2 N–H and O–H groups in total. The number of halogens is 4. The molecule has 0 aliphatic rings. The molecule has 1 aromatic heterocycles. The summed E-state index contributed by atoms with van der Waals surface area (Å²) in [7, 11) is -2.72. The summed E-state index contributed by atoms with van der Waals surface area (Å²) < 4.78 is 75.3. The second-order valence-corrected chi connectivity index (χ2v) is 9.26. The van der Waals surface area contributed by atoms with Crippen LogP contribution < -0.4 is 10.1 Å². The normalized spacial score (nSPS) is 13.4. The zero-order chi connectivity index (χ0) is 23.4. The average molecular weight is 469 g/mol. The molecule has 12 heteroatoms. The fourth-order valence-electron chi connectivity index (χ4n) is 2.75. The molecule has 170 valence electrons. The van der Waals surface area contributed by atoms with Crippen LogP contribution in [-0.4, -0.2) is 38.2 Å². The summed E-state index contributed by atoms with van der Waals surface area (Å²) in [6, 6.07) is 10.3. The quantitative estimate of drug-likeness (QED) is 0.454. The van der Waals surface area contributed by atoms with E-state index in [9.17, 15) is 21.8 Å². The van der Waals surface area contributed by atoms with E-state index in [0.717, 1.165) is 12.1 Å². The maximum Gasteiger partial charge on any atom is 0.392 e. The summed E-state index contributed by atoms with van der Waals surface area (Å²) in [5, 5.41) is 2.95. The van der Waals surface area contributed by atoms with Gasteiger partial charge in [-0.2, -0.15) is 18.2 Å². The van der Waals surface area contributed by atoms with Crippen LogP contribution in [0.3, 0.4) is 0 Å². The Morgan fingerprint density at radius 3 is 2.66 bits per heavy atom. The first-order valence-corrected chi connectivity index (χ1v) is 11.4. The van der Waals surface area contributed by atoms with Crippen LogP contribution in [0, 0.1) is 10.6 Å². The van der Waals surface area contributed by atoms with E-state index in [2.05, 4.69) is 20.3 Å². The first-order chi connectivity index (χ1) is 15.0. The molecular formula is C20H19F4N5O2S. The van der Waals surface area contributed by atoms with Gasteiger partial charge in [0.1, 0.15) is 17.9 Å². The molecule has 0 aliphatic heterocycles. The highest BCUT2D eigenvalue weighted by Crippen LogP contribution is 2.30. The summed E-state index contributed by atoms with van der Waals surface area (Å²) in [6.07, 6.45) is -3.05. The van der Waals surface area contributed by atoms with Crippen molar-refractivity contribution in [3.8, 4) is 17.1 Å². The second kappa shape index (κ2) is 9.47. The van der Waals surface area contributed by atoms with Crippen LogP contribution in [0.4, 0.5) is 29.2 Å². The van der Waals surface area contributed by atoms with Crippen LogP contribution in [0.15, 0.2) is 48.8 Å². The molecule has 0 saturated heterocycles. The van der Waals surface area contributed by atoms with E-state index < -0.39 is 34.8 Å². The van der Waals surface area contributed by atoms with Gasteiger partial charge in [-0.3, -0.25) is 4.78 Å². The van der Waals surface area contributed by atoms with Crippen molar-refractivity contribution >= 4 is 21.4 Å². The van der Waals surface area contributed by atoms with Crippen molar-refractivity contribution < 1.29 is 26.5 Å². The number of alkyl halides is 3. The molecule has 3 rings (SSSR count). The molecule has 1 unspecified atom stereocenters. The van der Waals surface area contributed by atoms with Gasteiger partial charge in [0, 0.05) is 27.7 Å². The fourth-order valence-corrected chi connectivity index (χ4v) is 3.56. The number of aromatic nitrogens is 3. The highest BCUT2D eigenvalue weighted by molar-refractivity contribution is 7.90. The number of nitrogens with zero attached hydrogens (tertiary/aromatic N) is 3. The first-order valence-electron chi connectivity index (χ1n) is 9.24. The largest absolute Gasteiger partial charge is 0.492 e. The Kier molecular flexibility index (Phi) is 6.92. The lowest BCUT2D eigenvalue weighted by atomic mass is 10.2. The van der Waals surface area contributed by atoms with E-state index in [1.165, 1.54) is 18.6 Å². The van der Waals surface area contributed by atoms with Crippen molar-refractivity contribution in [1.82, 2.24) is 15.0 Å². The van der Waals surface area contributed by atoms with E-state index in [1.54, 1.807) is 24.3 Å². The van der Waals surface area contributed by atoms with Crippen molar-refractivity contribution in [2.75, 3.05) is 18.2 Å². The van der Waals surface area contributed by atoms with E-state index in [0.29, 0.717) is 11.3 Å². The van der Waals surface area contributed by atoms with Gasteiger partial charge in [-0.25, -0.2) is 18.6 Å². The van der Waals surface area contributed by atoms with E-state index in [-0.39, 0.29) is 28.8 Å². The summed E-state index contributed by atoms with van der Waals surface area (Å²) in [6.45, 7) is -0.681. The summed E-state index contributed by atoms with van der Waals surface area (Å²) in [4.78, 5) is 12.3. The van der Waals surface area contributed by atoms with Gasteiger partial charge in [0.2, 0.25) is 5.95 Å². The third-order valence-electron chi connectivity index (χ3n) is 4.02. The van der Waals surface area contributed by atoms with Crippen molar-refractivity contribution in [2.45, 2.75) is 18.3 Å². The number of hydrogen-bond donors (Lipinski definition) is 2. The second-order valence-electron chi connectivity index (χ2n) is 6.96. The number of anilines is 2. The molecule has 0 saturated carbocycles. The van der Waals surface area contributed by atoms with Gasteiger partial charge >= 0.3 is 6.18 Å². The maximum absolute atomic E-state index is 13.6. The van der Waals surface area contributed by atoms with Crippen LogP contribution in [-0.2, 0) is 15.5 Å². The Bertz CT molecular complexity index is 1200. The van der Waals surface area contributed by atoms with Crippen LogP contribution in [0.25, 0.3) is 11.4 Å². The van der Waals surface area contributed by atoms with Gasteiger partial charge in [-0.1, -0.05) is 12.1 Å². The molecule has 2 aromatic carbocycles. The van der Waals surface area contributed by atoms with Crippen LogP contribution in [0.1, 0.15) is 12.0 Å².